The summed E-state index contributed by atoms with van der Waals surface area (Å²) in [5.41, 5.74) is 2.02. The van der Waals surface area contributed by atoms with E-state index in [9.17, 15) is 8.42 Å². The van der Waals surface area contributed by atoms with Crippen LogP contribution < -0.4 is 4.72 Å². The van der Waals surface area contributed by atoms with Crippen molar-refractivity contribution in [3.05, 3.63) is 50.1 Å². The third kappa shape index (κ3) is 3.45. The van der Waals surface area contributed by atoms with Crippen LogP contribution in [0.4, 0.5) is 0 Å². The van der Waals surface area contributed by atoms with Gasteiger partial charge in [0, 0.05) is 15.9 Å². The lowest BCUT2D eigenvalue weighted by Crippen LogP contribution is -2.23. The van der Waals surface area contributed by atoms with Gasteiger partial charge in [-0.3, -0.25) is 0 Å². The fraction of sp³-hybridized carbons (Fsp3) is 0.231. The zero-order valence-corrected chi connectivity index (χ0v) is 13.8. The van der Waals surface area contributed by atoms with Crippen LogP contribution in [0.25, 0.3) is 0 Å². The summed E-state index contributed by atoms with van der Waals surface area (Å²) in [6.07, 6.45) is 0. The lowest BCUT2D eigenvalue weighted by Gasteiger charge is -2.10. The smallest absolute Gasteiger partial charge is 0.207 e. The van der Waals surface area contributed by atoms with E-state index in [0.717, 1.165) is 16.0 Å². The molecule has 0 saturated heterocycles. The Morgan fingerprint density at radius 2 is 1.95 bits per heavy atom. The van der Waals surface area contributed by atoms with Gasteiger partial charge in [0.05, 0.1) is 4.90 Å². The molecular weight excluding hydrogens is 346 g/mol. The van der Waals surface area contributed by atoms with Crippen LogP contribution in [0.15, 0.2) is 39.0 Å². The van der Waals surface area contributed by atoms with E-state index in [1.807, 2.05) is 37.4 Å². The van der Waals surface area contributed by atoms with E-state index >= 15 is 0 Å². The minimum Gasteiger partial charge on any atom is -0.207 e. The van der Waals surface area contributed by atoms with Gasteiger partial charge in [0.25, 0.3) is 0 Å². The van der Waals surface area contributed by atoms with E-state index in [-0.39, 0.29) is 4.90 Å². The van der Waals surface area contributed by atoms with Crippen LogP contribution in [-0.2, 0) is 16.6 Å². The molecule has 0 unspecified atom stereocenters. The Balaban J connectivity index is 2.27. The maximum absolute atomic E-state index is 12.3. The van der Waals surface area contributed by atoms with Crippen LogP contribution >= 0.6 is 27.3 Å². The number of hydrogen-bond acceptors (Lipinski definition) is 3. The van der Waals surface area contributed by atoms with Crippen LogP contribution in [-0.4, -0.2) is 8.42 Å². The largest absolute Gasteiger partial charge is 0.242 e. The second kappa shape index (κ2) is 5.75. The van der Waals surface area contributed by atoms with E-state index < -0.39 is 10.0 Å². The van der Waals surface area contributed by atoms with Gasteiger partial charge < -0.3 is 0 Å². The summed E-state index contributed by atoms with van der Waals surface area (Å²) in [5, 5.41) is 1.93. The van der Waals surface area contributed by atoms with Gasteiger partial charge in [-0.05, 0) is 64.5 Å². The molecule has 19 heavy (non-hydrogen) atoms. The second-order valence-corrected chi connectivity index (χ2v) is 7.89. The fourth-order valence-electron chi connectivity index (χ4n) is 1.62. The number of aryl methyl sites for hydroxylation is 2. The molecule has 1 aromatic heterocycles. The van der Waals surface area contributed by atoms with Crippen molar-refractivity contribution in [2.75, 3.05) is 0 Å². The first-order chi connectivity index (χ1) is 8.90. The highest BCUT2D eigenvalue weighted by Crippen LogP contribution is 2.25. The highest BCUT2D eigenvalue weighted by Gasteiger charge is 2.18. The van der Waals surface area contributed by atoms with E-state index in [1.165, 1.54) is 11.3 Å². The molecule has 2 aromatic rings. The van der Waals surface area contributed by atoms with Crippen molar-refractivity contribution in [1.29, 1.82) is 0 Å². The second-order valence-electron chi connectivity index (χ2n) is 4.27. The van der Waals surface area contributed by atoms with Crippen molar-refractivity contribution in [2.24, 2.45) is 0 Å². The van der Waals surface area contributed by atoms with Crippen molar-refractivity contribution in [3.63, 3.8) is 0 Å². The van der Waals surface area contributed by atoms with Crippen molar-refractivity contribution in [1.82, 2.24) is 4.72 Å². The molecule has 3 nitrogen and oxygen atoms in total. The van der Waals surface area contributed by atoms with Gasteiger partial charge in [-0.25, -0.2) is 13.1 Å². The monoisotopic (exact) mass is 359 g/mol. The normalized spacial score (nSPS) is 11.7. The number of nitrogens with one attached hydrogen (secondary N) is 1. The van der Waals surface area contributed by atoms with Crippen molar-refractivity contribution in [3.8, 4) is 0 Å². The quantitative estimate of drug-likeness (QED) is 0.906. The molecule has 0 aliphatic rings. The third-order valence-corrected chi connectivity index (χ3v) is 6.09. The van der Waals surface area contributed by atoms with E-state index in [0.29, 0.717) is 11.0 Å². The molecule has 0 radical (unpaired) electrons. The Morgan fingerprint density at radius 3 is 2.58 bits per heavy atom. The van der Waals surface area contributed by atoms with Gasteiger partial charge in [0.15, 0.2) is 0 Å². The van der Waals surface area contributed by atoms with Gasteiger partial charge in [0.2, 0.25) is 10.0 Å². The number of rotatable bonds is 4. The average molecular weight is 360 g/mol. The van der Waals surface area contributed by atoms with Crippen LogP contribution in [0.1, 0.15) is 16.0 Å². The van der Waals surface area contributed by atoms with Gasteiger partial charge >= 0.3 is 0 Å². The lowest BCUT2D eigenvalue weighted by atomic mass is 10.1. The summed E-state index contributed by atoms with van der Waals surface area (Å²) >= 11 is 4.85. The summed E-state index contributed by atoms with van der Waals surface area (Å²) < 4.78 is 27.8. The molecule has 0 atom stereocenters. The fourth-order valence-corrected chi connectivity index (χ4v) is 4.60. The zero-order chi connectivity index (χ0) is 14.0. The minimum atomic E-state index is -3.50. The molecular formula is C13H14BrNO2S2. The van der Waals surface area contributed by atoms with Crippen molar-refractivity contribution >= 4 is 37.3 Å². The molecule has 0 spiro atoms. The molecule has 1 N–H and O–H groups in total. The van der Waals surface area contributed by atoms with Crippen molar-refractivity contribution in [2.45, 2.75) is 25.3 Å². The Labute approximate surface area is 125 Å². The SMILES string of the molecule is Cc1cc(Br)c(S(=O)(=O)NCc2cccs2)cc1C. The number of hydrogen-bond donors (Lipinski definition) is 1. The molecule has 6 heteroatoms. The topological polar surface area (TPSA) is 46.2 Å². The van der Waals surface area contributed by atoms with Crippen molar-refractivity contribution < 1.29 is 8.42 Å². The molecule has 0 bridgehead atoms. The molecule has 102 valence electrons. The maximum Gasteiger partial charge on any atom is 0.242 e. The molecule has 0 aliphatic carbocycles. The van der Waals surface area contributed by atoms with E-state index in [1.54, 1.807) is 6.07 Å². The molecule has 1 aromatic carbocycles. The Morgan fingerprint density at radius 1 is 1.26 bits per heavy atom. The zero-order valence-electron chi connectivity index (χ0n) is 10.6. The summed E-state index contributed by atoms with van der Waals surface area (Å²) in [6.45, 7) is 4.18. The minimum absolute atomic E-state index is 0.284. The average Bonchev–Trinajstić information content (AvgIpc) is 2.84. The predicted molar refractivity (Wildman–Crippen MR) is 82.0 cm³/mol. The molecule has 0 saturated carbocycles. The van der Waals surface area contributed by atoms with Gasteiger partial charge in [-0.1, -0.05) is 6.07 Å². The first-order valence-corrected chi connectivity index (χ1v) is 8.84. The Bertz CT molecular complexity index is 679. The summed E-state index contributed by atoms with van der Waals surface area (Å²) in [6, 6.07) is 7.33. The number of benzene rings is 1. The number of sulfonamides is 1. The van der Waals surface area contributed by atoms with Crippen LogP contribution in [0.3, 0.4) is 0 Å². The molecule has 0 fully saturated rings. The summed E-state index contributed by atoms with van der Waals surface area (Å²) in [4.78, 5) is 1.27. The third-order valence-electron chi connectivity index (χ3n) is 2.85. The standard InChI is InChI=1S/C13H14BrNO2S2/c1-9-6-12(14)13(7-10(9)2)19(16,17)15-8-11-4-3-5-18-11/h3-7,15H,8H2,1-2H3. The van der Waals surface area contributed by atoms with Crippen LogP contribution in [0.5, 0.6) is 0 Å². The Hall–Kier alpha value is -0.690. The number of halogens is 1. The van der Waals surface area contributed by atoms with Gasteiger partial charge in [-0.15, -0.1) is 11.3 Å². The molecule has 2 rings (SSSR count). The number of thiophene rings is 1. The van der Waals surface area contributed by atoms with Crippen LogP contribution in [0.2, 0.25) is 0 Å². The van der Waals surface area contributed by atoms with Gasteiger partial charge in [0.1, 0.15) is 0 Å². The highest BCUT2D eigenvalue weighted by atomic mass is 79.9. The summed E-state index contributed by atoms with van der Waals surface area (Å²) in [7, 11) is -3.50. The predicted octanol–water partition coefficient (Wildman–Crippen LogP) is 3.61. The maximum atomic E-state index is 12.3. The Kier molecular flexibility index (Phi) is 4.45. The lowest BCUT2D eigenvalue weighted by molar-refractivity contribution is 0.581. The first-order valence-electron chi connectivity index (χ1n) is 5.69. The van der Waals surface area contributed by atoms with Gasteiger partial charge in [-0.2, -0.15) is 0 Å². The van der Waals surface area contributed by atoms with E-state index in [4.69, 9.17) is 0 Å². The molecule has 0 amide bonds. The van der Waals surface area contributed by atoms with E-state index in [2.05, 4.69) is 20.7 Å². The summed E-state index contributed by atoms with van der Waals surface area (Å²) in [5.74, 6) is 0. The molecule has 1 heterocycles. The first kappa shape index (κ1) is 14.7. The van der Waals surface area contributed by atoms with Crippen LogP contribution in [0, 0.1) is 13.8 Å². The molecule has 0 aliphatic heterocycles. The highest BCUT2D eigenvalue weighted by molar-refractivity contribution is 9.10.